The molecule has 2 nitrogen and oxygen atoms in total. The van der Waals surface area contributed by atoms with Gasteiger partial charge in [0.05, 0.1) is 0 Å². The van der Waals surface area contributed by atoms with E-state index in [2.05, 4.69) is 6.58 Å². The van der Waals surface area contributed by atoms with Crippen LogP contribution in [0.4, 0.5) is 0 Å². The van der Waals surface area contributed by atoms with E-state index >= 15 is 0 Å². The molecule has 0 aromatic carbocycles. The molecule has 0 unspecified atom stereocenters. The van der Waals surface area contributed by atoms with E-state index in [-0.39, 0.29) is 5.76 Å². The minimum Gasteiger partial charge on any atom is -0.506 e. The SMILES string of the molecule is C=C/C(O)=C\N(C)C. The summed E-state index contributed by atoms with van der Waals surface area (Å²) in [6, 6.07) is 0. The molecule has 0 fully saturated rings. The third-order valence-electron chi connectivity index (χ3n) is 0.600. The number of hydrogen-bond acceptors (Lipinski definition) is 2. The maximum atomic E-state index is 8.73. The van der Waals surface area contributed by atoms with Gasteiger partial charge in [-0.05, 0) is 6.08 Å². The van der Waals surface area contributed by atoms with Crippen molar-refractivity contribution in [1.82, 2.24) is 4.90 Å². The summed E-state index contributed by atoms with van der Waals surface area (Å²) in [7, 11) is 3.67. The summed E-state index contributed by atoms with van der Waals surface area (Å²) < 4.78 is 0. The molecule has 0 aromatic heterocycles. The van der Waals surface area contributed by atoms with Crippen LogP contribution in [-0.2, 0) is 0 Å². The van der Waals surface area contributed by atoms with Crippen LogP contribution in [0.5, 0.6) is 0 Å². The highest BCUT2D eigenvalue weighted by Gasteiger charge is 1.81. The molecule has 0 spiro atoms. The fourth-order valence-corrected chi connectivity index (χ4v) is 0.317. The summed E-state index contributed by atoms with van der Waals surface area (Å²) in [6.07, 6.45) is 2.97. The number of rotatable bonds is 2. The molecule has 0 aromatic rings. The molecule has 0 bridgehead atoms. The summed E-state index contributed by atoms with van der Waals surface area (Å²) in [4.78, 5) is 1.75. The van der Waals surface area contributed by atoms with Gasteiger partial charge in [-0.2, -0.15) is 0 Å². The van der Waals surface area contributed by atoms with Gasteiger partial charge in [0.25, 0.3) is 0 Å². The third-order valence-corrected chi connectivity index (χ3v) is 0.600. The smallest absolute Gasteiger partial charge is 0.130 e. The maximum absolute atomic E-state index is 8.73. The largest absolute Gasteiger partial charge is 0.506 e. The second-order valence-electron chi connectivity index (χ2n) is 1.72. The van der Waals surface area contributed by atoms with Gasteiger partial charge in [-0.25, -0.2) is 0 Å². The van der Waals surface area contributed by atoms with Crippen molar-refractivity contribution in [2.75, 3.05) is 14.1 Å². The van der Waals surface area contributed by atoms with E-state index in [9.17, 15) is 0 Å². The van der Waals surface area contributed by atoms with Gasteiger partial charge >= 0.3 is 0 Å². The Kier molecular flexibility index (Phi) is 2.77. The van der Waals surface area contributed by atoms with Crippen LogP contribution in [0.1, 0.15) is 0 Å². The van der Waals surface area contributed by atoms with Crippen LogP contribution >= 0.6 is 0 Å². The average molecular weight is 113 g/mol. The molecule has 0 amide bonds. The highest BCUT2D eigenvalue weighted by Crippen LogP contribution is 1.88. The van der Waals surface area contributed by atoms with Gasteiger partial charge in [-0.1, -0.05) is 6.58 Å². The highest BCUT2D eigenvalue weighted by atomic mass is 16.3. The summed E-state index contributed by atoms with van der Waals surface area (Å²) in [5, 5.41) is 8.73. The van der Waals surface area contributed by atoms with Gasteiger partial charge in [-0.15, -0.1) is 0 Å². The van der Waals surface area contributed by atoms with E-state index in [1.54, 1.807) is 11.1 Å². The molecule has 1 N–H and O–H groups in total. The molecule has 0 atom stereocenters. The van der Waals surface area contributed by atoms with Crippen LogP contribution in [0.3, 0.4) is 0 Å². The van der Waals surface area contributed by atoms with Crippen molar-refractivity contribution in [3.8, 4) is 0 Å². The topological polar surface area (TPSA) is 23.5 Å². The Morgan fingerprint density at radius 1 is 1.62 bits per heavy atom. The molecular formula is C6H11NO. The molecule has 0 rings (SSSR count). The summed E-state index contributed by atoms with van der Waals surface area (Å²) in [5.41, 5.74) is 0. The van der Waals surface area contributed by atoms with Crippen molar-refractivity contribution >= 4 is 0 Å². The van der Waals surface area contributed by atoms with Gasteiger partial charge in [0.15, 0.2) is 0 Å². The van der Waals surface area contributed by atoms with Crippen LogP contribution in [-0.4, -0.2) is 24.1 Å². The summed E-state index contributed by atoms with van der Waals surface area (Å²) in [5.74, 6) is 0.190. The first-order valence-electron chi connectivity index (χ1n) is 2.36. The van der Waals surface area contributed by atoms with E-state index < -0.39 is 0 Å². The lowest BCUT2D eigenvalue weighted by Gasteiger charge is -2.02. The van der Waals surface area contributed by atoms with Crippen LogP contribution < -0.4 is 0 Å². The molecule has 0 saturated heterocycles. The molecule has 0 aliphatic rings. The van der Waals surface area contributed by atoms with E-state index in [0.717, 1.165) is 0 Å². The molecule has 0 radical (unpaired) electrons. The third kappa shape index (κ3) is 3.28. The quantitative estimate of drug-likeness (QED) is 0.428. The number of aliphatic hydroxyl groups excluding tert-OH is 1. The highest BCUT2D eigenvalue weighted by molar-refractivity contribution is 5.04. The van der Waals surface area contributed by atoms with Gasteiger partial charge < -0.3 is 10.0 Å². The zero-order valence-corrected chi connectivity index (χ0v) is 5.26. The summed E-state index contributed by atoms with van der Waals surface area (Å²) >= 11 is 0. The minimum atomic E-state index is 0.190. The van der Waals surface area contributed by atoms with Crippen LogP contribution in [0.2, 0.25) is 0 Å². The Bertz CT molecular complexity index is 105. The van der Waals surface area contributed by atoms with Crippen molar-refractivity contribution in [3.63, 3.8) is 0 Å². The first kappa shape index (κ1) is 7.08. The van der Waals surface area contributed by atoms with Crippen LogP contribution in [0.25, 0.3) is 0 Å². The fourth-order valence-electron chi connectivity index (χ4n) is 0.317. The molecule has 0 heterocycles. The Balaban J connectivity index is 3.74. The summed E-state index contributed by atoms with van der Waals surface area (Å²) in [6.45, 7) is 3.37. The van der Waals surface area contributed by atoms with Gasteiger partial charge in [0.2, 0.25) is 0 Å². The van der Waals surface area contributed by atoms with E-state index in [4.69, 9.17) is 5.11 Å². The first-order valence-corrected chi connectivity index (χ1v) is 2.36. The predicted octanol–water partition coefficient (Wildman–Crippen LogP) is 1.13. The van der Waals surface area contributed by atoms with E-state index in [1.165, 1.54) is 6.08 Å². The first-order chi connectivity index (χ1) is 3.66. The maximum Gasteiger partial charge on any atom is 0.130 e. The molecule has 46 valence electrons. The standard InChI is InChI=1S/C6H11NO/c1-4-6(8)5-7(2)3/h4-5,8H,1H2,2-3H3/b6-5+. The molecule has 0 aliphatic carbocycles. The molecule has 2 heteroatoms. The van der Waals surface area contributed by atoms with Crippen molar-refractivity contribution < 1.29 is 5.11 Å². The average Bonchev–Trinajstić information content (AvgIpc) is 1.65. The van der Waals surface area contributed by atoms with Gasteiger partial charge in [0.1, 0.15) is 5.76 Å². The number of aliphatic hydroxyl groups is 1. The van der Waals surface area contributed by atoms with Crippen molar-refractivity contribution in [3.05, 3.63) is 24.6 Å². The van der Waals surface area contributed by atoms with E-state index in [1.807, 2.05) is 14.1 Å². The zero-order valence-electron chi connectivity index (χ0n) is 5.26. The Labute approximate surface area is 49.7 Å². The molecule has 0 saturated carbocycles. The Hall–Kier alpha value is -0.920. The van der Waals surface area contributed by atoms with Crippen molar-refractivity contribution in [2.45, 2.75) is 0 Å². The Morgan fingerprint density at radius 3 is 2.25 bits per heavy atom. The number of hydrogen-bond donors (Lipinski definition) is 1. The van der Waals surface area contributed by atoms with Crippen molar-refractivity contribution in [1.29, 1.82) is 0 Å². The van der Waals surface area contributed by atoms with Crippen LogP contribution in [0.15, 0.2) is 24.6 Å². The number of allylic oxidation sites excluding steroid dienone is 1. The lowest BCUT2D eigenvalue weighted by Crippen LogP contribution is -2.01. The molecular weight excluding hydrogens is 102 g/mol. The second kappa shape index (κ2) is 3.13. The number of nitrogens with zero attached hydrogens (tertiary/aromatic N) is 1. The lowest BCUT2D eigenvalue weighted by molar-refractivity contribution is 0.408. The molecule has 8 heavy (non-hydrogen) atoms. The lowest BCUT2D eigenvalue weighted by atomic mass is 10.5. The Morgan fingerprint density at radius 2 is 2.12 bits per heavy atom. The van der Waals surface area contributed by atoms with Gasteiger partial charge in [0, 0.05) is 20.3 Å². The molecule has 0 aliphatic heterocycles. The minimum absolute atomic E-state index is 0.190. The zero-order chi connectivity index (χ0) is 6.57. The fraction of sp³-hybridized carbons (Fsp3) is 0.333. The van der Waals surface area contributed by atoms with Crippen molar-refractivity contribution in [2.24, 2.45) is 0 Å². The monoisotopic (exact) mass is 113 g/mol. The van der Waals surface area contributed by atoms with Gasteiger partial charge in [-0.3, -0.25) is 0 Å². The van der Waals surface area contributed by atoms with Crippen LogP contribution in [0, 0.1) is 0 Å². The second-order valence-corrected chi connectivity index (χ2v) is 1.72. The predicted molar refractivity (Wildman–Crippen MR) is 34.6 cm³/mol. The van der Waals surface area contributed by atoms with E-state index in [0.29, 0.717) is 0 Å². The normalized spacial score (nSPS) is 11.0.